The van der Waals surface area contributed by atoms with Crippen molar-refractivity contribution in [2.24, 2.45) is 5.92 Å². The van der Waals surface area contributed by atoms with Crippen molar-refractivity contribution < 1.29 is 13.2 Å². The fourth-order valence-corrected chi connectivity index (χ4v) is 6.45. The van der Waals surface area contributed by atoms with Gasteiger partial charge in [-0.2, -0.15) is 9.40 Å². The summed E-state index contributed by atoms with van der Waals surface area (Å²) in [4.78, 5) is 13.7. The van der Waals surface area contributed by atoms with Crippen molar-refractivity contribution >= 4 is 44.4 Å². The zero-order chi connectivity index (χ0) is 18.9. The highest BCUT2D eigenvalue weighted by Crippen LogP contribution is 2.28. The minimum absolute atomic E-state index is 0.189. The molecule has 0 bridgehead atoms. The maximum Gasteiger partial charge on any atom is 0.252 e. The van der Waals surface area contributed by atoms with E-state index in [-0.39, 0.29) is 12.5 Å². The number of sulfonamides is 1. The van der Waals surface area contributed by atoms with E-state index in [1.807, 2.05) is 17.5 Å². The van der Waals surface area contributed by atoms with Crippen LogP contribution in [0.25, 0.3) is 10.6 Å². The van der Waals surface area contributed by atoms with Gasteiger partial charge in [-0.05, 0) is 35.7 Å². The summed E-state index contributed by atoms with van der Waals surface area (Å²) in [7, 11) is -3.53. The predicted molar refractivity (Wildman–Crippen MR) is 106 cm³/mol. The van der Waals surface area contributed by atoms with Crippen LogP contribution in [0.3, 0.4) is 0 Å². The third-order valence-electron chi connectivity index (χ3n) is 4.46. The summed E-state index contributed by atoms with van der Waals surface area (Å²) in [6.45, 7) is 0.628. The first-order valence-corrected chi connectivity index (χ1v) is 11.7. The number of anilines is 1. The summed E-state index contributed by atoms with van der Waals surface area (Å²) >= 11 is 2.78. The number of hydrogen-bond acceptors (Lipinski definition) is 6. The Bertz CT molecular complexity index is 1010. The van der Waals surface area contributed by atoms with Gasteiger partial charge in [-0.25, -0.2) is 8.42 Å². The second-order valence-electron chi connectivity index (χ2n) is 6.27. The Hall–Kier alpha value is -2.01. The van der Waals surface area contributed by atoms with E-state index in [0.29, 0.717) is 29.4 Å². The lowest BCUT2D eigenvalue weighted by Crippen LogP contribution is -2.43. The molecule has 3 aromatic heterocycles. The highest BCUT2D eigenvalue weighted by atomic mass is 32.2. The molecular formula is C17H18N4O3S3. The summed E-state index contributed by atoms with van der Waals surface area (Å²) in [5, 5.41) is 13.6. The lowest BCUT2D eigenvalue weighted by Gasteiger charge is -2.30. The monoisotopic (exact) mass is 422 g/mol. The second kappa shape index (κ2) is 7.55. The van der Waals surface area contributed by atoms with E-state index in [1.165, 1.54) is 15.6 Å². The first-order valence-electron chi connectivity index (χ1n) is 8.48. The molecular weight excluding hydrogens is 404 g/mol. The van der Waals surface area contributed by atoms with Gasteiger partial charge >= 0.3 is 0 Å². The van der Waals surface area contributed by atoms with Crippen LogP contribution in [0.4, 0.5) is 5.82 Å². The molecule has 1 saturated heterocycles. The number of rotatable bonds is 5. The number of aromatic nitrogens is 2. The van der Waals surface area contributed by atoms with E-state index in [9.17, 15) is 13.2 Å². The van der Waals surface area contributed by atoms with Crippen LogP contribution in [0.1, 0.15) is 12.8 Å². The van der Waals surface area contributed by atoms with Gasteiger partial charge in [0.1, 0.15) is 4.21 Å². The van der Waals surface area contributed by atoms with E-state index >= 15 is 0 Å². The molecule has 1 unspecified atom stereocenters. The van der Waals surface area contributed by atoms with Crippen LogP contribution in [-0.2, 0) is 14.8 Å². The van der Waals surface area contributed by atoms with Crippen molar-refractivity contribution in [2.45, 2.75) is 17.1 Å². The summed E-state index contributed by atoms with van der Waals surface area (Å²) in [6.07, 6.45) is 1.31. The molecule has 4 rings (SSSR count). The molecule has 1 fully saturated rings. The quantitative estimate of drug-likeness (QED) is 0.660. The first-order chi connectivity index (χ1) is 13.0. The Balaban J connectivity index is 1.43. The number of amides is 1. The van der Waals surface area contributed by atoms with Crippen molar-refractivity contribution in [2.75, 3.05) is 18.4 Å². The van der Waals surface area contributed by atoms with E-state index in [0.717, 1.165) is 10.6 Å². The number of carbonyl (C=O) groups excluding carboxylic acids is 1. The number of hydrogen-bond donors (Lipinski definition) is 2. The highest BCUT2D eigenvalue weighted by molar-refractivity contribution is 7.91. The Morgan fingerprint density at radius 3 is 2.81 bits per heavy atom. The maximum absolute atomic E-state index is 12.7. The van der Waals surface area contributed by atoms with Gasteiger partial charge in [-0.15, -0.1) is 22.7 Å². The Labute approximate surface area is 165 Å². The van der Waals surface area contributed by atoms with Crippen molar-refractivity contribution in [1.82, 2.24) is 14.5 Å². The largest absolute Gasteiger partial charge is 0.309 e. The van der Waals surface area contributed by atoms with Crippen molar-refractivity contribution in [3.05, 3.63) is 41.1 Å². The molecule has 10 heteroatoms. The molecule has 0 aromatic carbocycles. The third-order valence-corrected chi connectivity index (χ3v) is 8.60. The molecule has 1 aliphatic rings. The Morgan fingerprint density at radius 1 is 1.26 bits per heavy atom. The minimum Gasteiger partial charge on any atom is -0.309 e. The van der Waals surface area contributed by atoms with Crippen LogP contribution in [-0.4, -0.2) is 41.9 Å². The van der Waals surface area contributed by atoms with Crippen LogP contribution in [0.15, 0.2) is 45.3 Å². The van der Waals surface area contributed by atoms with Crippen molar-refractivity contribution in [1.29, 1.82) is 0 Å². The Morgan fingerprint density at radius 2 is 2.07 bits per heavy atom. The standard InChI is InChI=1S/C17H18N4O3S3/c22-17(18-15-10-13(19-20-15)14-5-2-8-25-14)12-4-1-7-21(11-12)27(23,24)16-6-3-9-26-16/h2-3,5-6,8-10,12H,1,4,7,11H2,(H2,18,19,20,22). The van der Waals surface area contributed by atoms with Crippen LogP contribution >= 0.6 is 22.7 Å². The zero-order valence-electron chi connectivity index (χ0n) is 14.3. The van der Waals surface area contributed by atoms with Gasteiger partial charge in [0.05, 0.1) is 16.5 Å². The van der Waals surface area contributed by atoms with Gasteiger partial charge in [0.25, 0.3) is 10.0 Å². The molecule has 0 aliphatic carbocycles. The molecule has 27 heavy (non-hydrogen) atoms. The van der Waals surface area contributed by atoms with Crippen LogP contribution in [0.2, 0.25) is 0 Å². The van der Waals surface area contributed by atoms with Gasteiger partial charge in [0.15, 0.2) is 5.82 Å². The smallest absolute Gasteiger partial charge is 0.252 e. The summed E-state index contributed by atoms with van der Waals surface area (Å²) in [5.74, 6) is -0.151. The number of H-pyrrole nitrogens is 1. The van der Waals surface area contributed by atoms with Gasteiger partial charge in [0, 0.05) is 19.2 Å². The van der Waals surface area contributed by atoms with Gasteiger partial charge in [-0.1, -0.05) is 12.1 Å². The van der Waals surface area contributed by atoms with E-state index in [2.05, 4.69) is 15.5 Å². The molecule has 142 valence electrons. The molecule has 1 amide bonds. The average molecular weight is 423 g/mol. The molecule has 0 saturated carbocycles. The maximum atomic E-state index is 12.7. The summed E-state index contributed by atoms with van der Waals surface area (Å²) in [5.41, 5.74) is 0.839. The number of nitrogens with one attached hydrogen (secondary N) is 2. The molecule has 7 nitrogen and oxygen atoms in total. The fraction of sp³-hybridized carbons (Fsp3) is 0.294. The average Bonchev–Trinajstić information content (AvgIpc) is 3.42. The number of nitrogens with zero attached hydrogens (tertiary/aromatic N) is 2. The van der Waals surface area contributed by atoms with Gasteiger partial charge in [0.2, 0.25) is 5.91 Å². The van der Waals surface area contributed by atoms with Gasteiger partial charge < -0.3 is 5.32 Å². The summed E-state index contributed by atoms with van der Waals surface area (Å²) < 4.78 is 27.1. The molecule has 3 aromatic rings. The molecule has 4 heterocycles. The Kier molecular flexibility index (Phi) is 5.13. The summed E-state index contributed by atoms with van der Waals surface area (Å²) in [6, 6.07) is 9.02. The predicted octanol–water partition coefficient (Wildman–Crippen LogP) is 3.24. The van der Waals surface area contributed by atoms with Crippen LogP contribution in [0.5, 0.6) is 0 Å². The first kappa shape index (κ1) is 18.4. The van der Waals surface area contributed by atoms with Crippen molar-refractivity contribution in [3.8, 4) is 10.6 Å². The normalized spacial score (nSPS) is 18.4. The molecule has 2 N–H and O–H groups in total. The topological polar surface area (TPSA) is 95.2 Å². The second-order valence-corrected chi connectivity index (χ2v) is 10.3. The number of carbonyl (C=O) groups is 1. The minimum atomic E-state index is -3.53. The SMILES string of the molecule is O=C(Nc1cc(-c2cccs2)[nH]n1)C1CCCN(S(=O)(=O)c2cccs2)C1. The zero-order valence-corrected chi connectivity index (χ0v) is 16.7. The van der Waals surface area contributed by atoms with E-state index in [4.69, 9.17) is 0 Å². The number of aromatic amines is 1. The van der Waals surface area contributed by atoms with E-state index < -0.39 is 15.9 Å². The molecule has 1 aliphatic heterocycles. The van der Waals surface area contributed by atoms with Gasteiger partial charge in [-0.3, -0.25) is 9.89 Å². The molecule has 1 atom stereocenters. The number of thiophene rings is 2. The fourth-order valence-electron chi connectivity index (χ4n) is 3.08. The molecule has 0 radical (unpaired) electrons. The van der Waals surface area contributed by atoms with Crippen LogP contribution in [0, 0.1) is 5.92 Å². The third kappa shape index (κ3) is 3.84. The lowest BCUT2D eigenvalue weighted by atomic mass is 9.99. The molecule has 0 spiro atoms. The van der Waals surface area contributed by atoms with Crippen molar-refractivity contribution in [3.63, 3.8) is 0 Å². The lowest BCUT2D eigenvalue weighted by molar-refractivity contribution is -0.120. The number of piperidine rings is 1. The van der Waals surface area contributed by atoms with Crippen LogP contribution < -0.4 is 5.32 Å². The van der Waals surface area contributed by atoms with E-state index in [1.54, 1.807) is 34.9 Å². The highest BCUT2D eigenvalue weighted by Gasteiger charge is 2.34.